The Bertz CT molecular complexity index is 778. The fourth-order valence-corrected chi connectivity index (χ4v) is 2.98. The monoisotopic (exact) mass is 375 g/mol. The highest BCUT2D eigenvalue weighted by molar-refractivity contribution is 8.00. The van der Waals surface area contributed by atoms with Gasteiger partial charge in [0.25, 0.3) is 5.91 Å². The Labute approximate surface area is 156 Å². The smallest absolute Gasteiger partial charge is 0.316 e. The minimum atomic E-state index is -0.444. The third kappa shape index (κ3) is 5.70. The van der Waals surface area contributed by atoms with Gasteiger partial charge in [-0.2, -0.15) is 0 Å². The van der Waals surface area contributed by atoms with Gasteiger partial charge in [-0.25, -0.2) is 0 Å². The van der Waals surface area contributed by atoms with Crippen molar-refractivity contribution in [3.63, 3.8) is 0 Å². The summed E-state index contributed by atoms with van der Waals surface area (Å²) in [6.45, 7) is 1.63. The number of benzene rings is 2. The highest BCUT2D eigenvalue weighted by Crippen LogP contribution is 2.29. The van der Waals surface area contributed by atoms with Gasteiger partial charge in [-0.3, -0.25) is 9.59 Å². The molecule has 0 heterocycles. The maximum atomic E-state index is 11.9. The molecule has 6 nitrogen and oxygen atoms in total. The molecule has 7 heteroatoms. The average Bonchev–Trinajstić information content (AvgIpc) is 2.65. The quantitative estimate of drug-likeness (QED) is 0.564. The molecule has 1 N–H and O–H groups in total. The van der Waals surface area contributed by atoms with Gasteiger partial charge in [0.1, 0.15) is 0 Å². The summed E-state index contributed by atoms with van der Waals surface area (Å²) < 4.78 is 15.3. The van der Waals surface area contributed by atoms with Crippen LogP contribution in [-0.2, 0) is 14.3 Å². The lowest BCUT2D eigenvalue weighted by atomic mass is 10.2. The fourth-order valence-electron chi connectivity index (χ4n) is 2.15. The summed E-state index contributed by atoms with van der Waals surface area (Å²) in [4.78, 5) is 24.8. The van der Waals surface area contributed by atoms with Crippen LogP contribution in [0.1, 0.15) is 5.56 Å². The Hall–Kier alpha value is -2.67. The Balaban J connectivity index is 1.79. The molecule has 0 aromatic heterocycles. The number of hydrogen-bond acceptors (Lipinski definition) is 6. The molecule has 0 aliphatic heterocycles. The zero-order valence-corrected chi connectivity index (χ0v) is 15.7. The third-order valence-corrected chi connectivity index (χ3v) is 4.62. The molecule has 0 saturated heterocycles. The van der Waals surface area contributed by atoms with Crippen molar-refractivity contribution in [3.8, 4) is 11.5 Å². The number of methoxy groups -OCH3 is 2. The molecule has 0 unspecified atom stereocenters. The Morgan fingerprint density at radius 3 is 2.46 bits per heavy atom. The van der Waals surface area contributed by atoms with Crippen LogP contribution >= 0.6 is 11.8 Å². The SMILES string of the molecule is COc1ccc(NC(=O)COC(=O)CSc2ccccc2C)cc1OC. The number of nitrogens with one attached hydrogen (secondary N) is 1. The van der Waals surface area contributed by atoms with Crippen molar-refractivity contribution in [2.75, 3.05) is 31.9 Å². The first kappa shape index (κ1) is 19.7. The molecule has 1 amide bonds. The minimum absolute atomic E-state index is 0.147. The molecule has 0 aliphatic carbocycles. The van der Waals surface area contributed by atoms with Gasteiger partial charge in [-0.15, -0.1) is 11.8 Å². The van der Waals surface area contributed by atoms with E-state index >= 15 is 0 Å². The molecule has 0 saturated carbocycles. The molecule has 2 aromatic carbocycles. The first-order chi connectivity index (χ1) is 12.5. The second-order valence-electron chi connectivity index (χ2n) is 5.33. The zero-order chi connectivity index (χ0) is 18.9. The van der Waals surface area contributed by atoms with Crippen LogP contribution in [0, 0.1) is 6.92 Å². The Morgan fingerprint density at radius 1 is 1.04 bits per heavy atom. The number of ether oxygens (including phenoxy) is 3. The normalized spacial score (nSPS) is 10.1. The number of hydrogen-bond donors (Lipinski definition) is 1. The van der Waals surface area contributed by atoms with Crippen LogP contribution in [-0.4, -0.2) is 38.5 Å². The molecule has 2 rings (SSSR count). The largest absolute Gasteiger partial charge is 0.493 e. The van der Waals surface area contributed by atoms with Gasteiger partial charge in [-0.1, -0.05) is 18.2 Å². The highest BCUT2D eigenvalue weighted by Gasteiger charge is 2.11. The molecule has 0 aliphatic rings. The zero-order valence-electron chi connectivity index (χ0n) is 14.9. The summed E-state index contributed by atoms with van der Waals surface area (Å²) >= 11 is 1.38. The van der Waals surface area contributed by atoms with Gasteiger partial charge in [0.05, 0.1) is 20.0 Å². The minimum Gasteiger partial charge on any atom is -0.493 e. The molecule has 138 valence electrons. The molecule has 0 bridgehead atoms. The van der Waals surface area contributed by atoms with E-state index in [0.29, 0.717) is 17.2 Å². The summed E-state index contributed by atoms with van der Waals surface area (Å²) in [7, 11) is 3.04. The Kier molecular flexibility index (Phi) is 7.35. The van der Waals surface area contributed by atoms with Crippen molar-refractivity contribution >= 4 is 29.3 Å². The highest BCUT2D eigenvalue weighted by atomic mass is 32.2. The van der Waals surface area contributed by atoms with E-state index in [0.717, 1.165) is 10.5 Å². The summed E-state index contributed by atoms with van der Waals surface area (Å²) in [6.07, 6.45) is 0. The molecule has 0 fully saturated rings. The second kappa shape index (κ2) is 9.72. The van der Waals surface area contributed by atoms with E-state index in [1.54, 1.807) is 18.2 Å². The van der Waals surface area contributed by atoms with Gasteiger partial charge in [0.2, 0.25) is 0 Å². The summed E-state index contributed by atoms with van der Waals surface area (Å²) in [5.74, 6) is 0.336. The first-order valence-corrected chi connectivity index (χ1v) is 8.88. The topological polar surface area (TPSA) is 73.9 Å². The average molecular weight is 375 g/mol. The van der Waals surface area contributed by atoms with E-state index < -0.39 is 11.9 Å². The van der Waals surface area contributed by atoms with Gasteiger partial charge in [-0.05, 0) is 30.7 Å². The molecular weight excluding hydrogens is 354 g/mol. The number of carbonyl (C=O) groups excluding carboxylic acids is 2. The van der Waals surface area contributed by atoms with E-state index in [1.165, 1.54) is 26.0 Å². The van der Waals surface area contributed by atoms with Gasteiger partial charge in [0.15, 0.2) is 18.1 Å². The van der Waals surface area contributed by atoms with Crippen LogP contribution in [0.25, 0.3) is 0 Å². The predicted octanol–water partition coefficient (Wildman–Crippen LogP) is 3.29. The van der Waals surface area contributed by atoms with Gasteiger partial charge < -0.3 is 19.5 Å². The summed E-state index contributed by atoms with van der Waals surface area (Å²) in [6, 6.07) is 12.8. The molecule has 0 atom stereocenters. The second-order valence-corrected chi connectivity index (χ2v) is 6.35. The van der Waals surface area contributed by atoms with Crippen LogP contribution in [0.3, 0.4) is 0 Å². The van der Waals surface area contributed by atoms with Crippen molar-refractivity contribution in [3.05, 3.63) is 48.0 Å². The standard InChI is InChI=1S/C19H21NO5S/c1-13-6-4-5-7-17(13)26-12-19(22)25-11-18(21)20-14-8-9-15(23-2)16(10-14)24-3/h4-10H,11-12H2,1-3H3,(H,20,21). The van der Waals surface area contributed by atoms with Crippen molar-refractivity contribution in [2.45, 2.75) is 11.8 Å². The number of anilines is 1. The van der Waals surface area contributed by atoms with Crippen LogP contribution in [0.2, 0.25) is 0 Å². The van der Waals surface area contributed by atoms with Crippen molar-refractivity contribution < 1.29 is 23.8 Å². The number of aryl methyl sites for hydroxylation is 1. The lowest BCUT2D eigenvalue weighted by molar-refractivity contribution is -0.144. The summed E-state index contributed by atoms with van der Waals surface area (Å²) in [5.41, 5.74) is 1.62. The number of rotatable bonds is 8. The Morgan fingerprint density at radius 2 is 1.77 bits per heavy atom. The summed E-state index contributed by atoms with van der Waals surface area (Å²) in [5, 5.41) is 2.65. The molecule has 0 spiro atoms. The molecule has 2 aromatic rings. The number of amides is 1. The fraction of sp³-hybridized carbons (Fsp3) is 0.263. The number of esters is 1. The maximum Gasteiger partial charge on any atom is 0.316 e. The van der Waals surface area contributed by atoms with E-state index in [1.807, 2.05) is 31.2 Å². The van der Waals surface area contributed by atoms with Gasteiger partial charge >= 0.3 is 5.97 Å². The third-order valence-electron chi connectivity index (χ3n) is 3.47. The van der Waals surface area contributed by atoms with Crippen molar-refractivity contribution in [2.24, 2.45) is 0 Å². The lowest BCUT2D eigenvalue weighted by Crippen LogP contribution is -2.21. The van der Waals surface area contributed by atoms with Gasteiger partial charge in [0, 0.05) is 16.6 Å². The lowest BCUT2D eigenvalue weighted by Gasteiger charge is -2.11. The van der Waals surface area contributed by atoms with E-state index in [2.05, 4.69) is 5.32 Å². The molecular formula is C19H21NO5S. The molecule has 26 heavy (non-hydrogen) atoms. The van der Waals surface area contributed by atoms with Crippen LogP contribution in [0.15, 0.2) is 47.4 Å². The number of carbonyl (C=O) groups is 2. The van der Waals surface area contributed by atoms with E-state index in [9.17, 15) is 9.59 Å². The predicted molar refractivity (Wildman–Crippen MR) is 101 cm³/mol. The van der Waals surface area contributed by atoms with Crippen LogP contribution < -0.4 is 14.8 Å². The first-order valence-electron chi connectivity index (χ1n) is 7.89. The van der Waals surface area contributed by atoms with Crippen molar-refractivity contribution in [1.82, 2.24) is 0 Å². The van der Waals surface area contributed by atoms with E-state index in [-0.39, 0.29) is 12.4 Å². The number of thioether (sulfide) groups is 1. The van der Waals surface area contributed by atoms with E-state index in [4.69, 9.17) is 14.2 Å². The van der Waals surface area contributed by atoms with Crippen LogP contribution in [0.5, 0.6) is 11.5 Å². The maximum absolute atomic E-state index is 11.9. The molecule has 0 radical (unpaired) electrons. The van der Waals surface area contributed by atoms with Crippen LogP contribution in [0.4, 0.5) is 5.69 Å². The van der Waals surface area contributed by atoms with Crippen molar-refractivity contribution in [1.29, 1.82) is 0 Å².